The third-order valence-electron chi connectivity index (χ3n) is 3.29. The molecule has 4 nitrogen and oxygen atoms in total. The normalized spacial score (nSPS) is 10.5. The Hall–Kier alpha value is -3.07. The molecule has 0 N–H and O–H groups in total. The van der Waals surface area contributed by atoms with Gasteiger partial charge in [0.1, 0.15) is 11.6 Å². The first-order valence-electron chi connectivity index (χ1n) is 7.28. The molecule has 1 aromatic carbocycles. The van der Waals surface area contributed by atoms with Gasteiger partial charge in [0.15, 0.2) is 0 Å². The SMILES string of the molecule is N#CCCN(Cc1cccnc1)C(=O)/C=C\c1c(F)cccc1F. The lowest BCUT2D eigenvalue weighted by molar-refractivity contribution is -0.126. The molecule has 2 aromatic rings. The number of nitrogens with zero attached hydrogens (tertiary/aromatic N) is 3. The van der Waals surface area contributed by atoms with Gasteiger partial charge >= 0.3 is 0 Å². The Morgan fingerprint density at radius 2 is 2.00 bits per heavy atom. The van der Waals surface area contributed by atoms with E-state index in [9.17, 15) is 13.6 Å². The van der Waals surface area contributed by atoms with Crippen LogP contribution in [0.3, 0.4) is 0 Å². The van der Waals surface area contributed by atoms with E-state index in [1.165, 1.54) is 11.0 Å². The quantitative estimate of drug-likeness (QED) is 0.765. The summed E-state index contributed by atoms with van der Waals surface area (Å²) < 4.78 is 27.2. The molecule has 122 valence electrons. The lowest BCUT2D eigenvalue weighted by Gasteiger charge is -2.19. The number of nitriles is 1. The Labute approximate surface area is 138 Å². The van der Waals surface area contributed by atoms with Crippen LogP contribution in [0.5, 0.6) is 0 Å². The van der Waals surface area contributed by atoms with Gasteiger partial charge in [-0.15, -0.1) is 0 Å². The summed E-state index contributed by atoms with van der Waals surface area (Å²) in [5.41, 5.74) is 0.529. The standard InChI is InChI=1S/C18H15F2N3O/c19-16-5-1-6-17(20)15(16)7-8-18(24)23(11-3-9-21)13-14-4-2-10-22-12-14/h1-2,4-8,10,12H,3,11,13H2/b8-7-. The van der Waals surface area contributed by atoms with E-state index in [1.54, 1.807) is 24.5 Å². The Morgan fingerprint density at radius 1 is 1.25 bits per heavy atom. The van der Waals surface area contributed by atoms with Crippen molar-refractivity contribution in [3.8, 4) is 6.07 Å². The molecule has 0 bridgehead atoms. The molecule has 0 radical (unpaired) electrons. The summed E-state index contributed by atoms with van der Waals surface area (Å²) in [4.78, 5) is 17.7. The molecule has 2 rings (SSSR count). The van der Waals surface area contributed by atoms with Crippen molar-refractivity contribution >= 4 is 12.0 Å². The van der Waals surface area contributed by atoms with Crippen molar-refractivity contribution in [3.05, 3.63) is 71.6 Å². The molecule has 0 aliphatic heterocycles. The third kappa shape index (κ3) is 4.71. The van der Waals surface area contributed by atoms with Crippen molar-refractivity contribution in [2.45, 2.75) is 13.0 Å². The van der Waals surface area contributed by atoms with Gasteiger partial charge in [-0.25, -0.2) is 8.78 Å². The first-order valence-corrected chi connectivity index (χ1v) is 7.28. The fourth-order valence-corrected chi connectivity index (χ4v) is 2.09. The Balaban J connectivity index is 2.15. The van der Waals surface area contributed by atoms with E-state index in [1.807, 2.05) is 6.07 Å². The van der Waals surface area contributed by atoms with Crippen molar-refractivity contribution < 1.29 is 13.6 Å². The molecular weight excluding hydrogens is 312 g/mol. The molecule has 6 heteroatoms. The minimum Gasteiger partial charge on any atom is -0.334 e. The van der Waals surface area contributed by atoms with Crippen LogP contribution in [0.1, 0.15) is 17.5 Å². The molecule has 0 saturated carbocycles. The third-order valence-corrected chi connectivity index (χ3v) is 3.29. The van der Waals surface area contributed by atoms with E-state index < -0.39 is 17.5 Å². The summed E-state index contributed by atoms with van der Waals surface area (Å²) in [6, 6.07) is 9.02. The fourth-order valence-electron chi connectivity index (χ4n) is 2.09. The van der Waals surface area contributed by atoms with Gasteiger partial charge < -0.3 is 4.90 Å². The van der Waals surface area contributed by atoms with Crippen molar-refractivity contribution in [3.63, 3.8) is 0 Å². The van der Waals surface area contributed by atoms with Gasteiger partial charge in [-0.05, 0) is 29.8 Å². The highest BCUT2D eigenvalue weighted by Gasteiger charge is 2.12. The van der Waals surface area contributed by atoms with Crippen molar-refractivity contribution in [1.82, 2.24) is 9.88 Å². The van der Waals surface area contributed by atoms with Crippen LogP contribution in [0.25, 0.3) is 6.08 Å². The number of amides is 1. The van der Waals surface area contributed by atoms with Crippen LogP contribution in [0.4, 0.5) is 8.78 Å². The molecule has 0 aliphatic rings. The number of aromatic nitrogens is 1. The molecule has 1 heterocycles. The maximum atomic E-state index is 13.6. The maximum Gasteiger partial charge on any atom is 0.246 e. The van der Waals surface area contributed by atoms with E-state index in [2.05, 4.69) is 4.98 Å². The van der Waals surface area contributed by atoms with Crippen LogP contribution >= 0.6 is 0 Å². The predicted molar refractivity (Wildman–Crippen MR) is 85.3 cm³/mol. The lowest BCUT2D eigenvalue weighted by atomic mass is 10.1. The smallest absolute Gasteiger partial charge is 0.246 e. The molecule has 0 atom stereocenters. The van der Waals surface area contributed by atoms with E-state index in [0.29, 0.717) is 0 Å². The highest BCUT2D eigenvalue weighted by Crippen LogP contribution is 2.14. The molecule has 1 amide bonds. The number of pyridine rings is 1. The number of halogens is 2. The zero-order valence-electron chi connectivity index (χ0n) is 12.8. The molecule has 0 unspecified atom stereocenters. The van der Waals surface area contributed by atoms with Gasteiger partial charge in [0.05, 0.1) is 12.5 Å². The lowest BCUT2D eigenvalue weighted by Crippen LogP contribution is -2.29. The van der Waals surface area contributed by atoms with Gasteiger partial charge in [0.25, 0.3) is 0 Å². The van der Waals surface area contributed by atoms with E-state index >= 15 is 0 Å². The average molecular weight is 327 g/mol. The van der Waals surface area contributed by atoms with Crippen LogP contribution in [0.2, 0.25) is 0 Å². The van der Waals surface area contributed by atoms with Gasteiger partial charge in [0, 0.05) is 37.1 Å². The maximum absolute atomic E-state index is 13.6. The van der Waals surface area contributed by atoms with E-state index in [0.717, 1.165) is 29.8 Å². The number of hydrogen-bond donors (Lipinski definition) is 0. The van der Waals surface area contributed by atoms with Crippen LogP contribution in [-0.2, 0) is 11.3 Å². The van der Waals surface area contributed by atoms with Crippen LogP contribution < -0.4 is 0 Å². The number of carbonyl (C=O) groups is 1. The summed E-state index contributed by atoms with van der Waals surface area (Å²) in [6.45, 7) is 0.479. The second-order valence-electron chi connectivity index (χ2n) is 5.00. The molecule has 0 fully saturated rings. The number of hydrogen-bond acceptors (Lipinski definition) is 3. The molecule has 1 aromatic heterocycles. The van der Waals surface area contributed by atoms with E-state index in [4.69, 9.17) is 5.26 Å². The number of benzene rings is 1. The van der Waals surface area contributed by atoms with Gasteiger partial charge in [-0.2, -0.15) is 5.26 Å². The monoisotopic (exact) mass is 327 g/mol. The highest BCUT2D eigenvalue weighted by atomic mass is 19.1. The average Bonchev–Trinajstić information content (AvgIpc) is 2.59. The molecule has 0 spiro atoms. The molecule has 0 aliphatic carbocycles. The summed E-state index contributed by atoms with van der Waals surface area (Å²) in [7, 11) is 0. The minimum atomic E-state index is -0.741. The minimum absolute atomic E-state index is 0.161. The Kier molecular flexibility index (Phi) is 6.15. The summed E-state index contributed by atoms with van der Waals surface area (Å²) in [5.74, 6) is -1.92. The second-order valence-corrected chi connectivity index (χ2v) is 5.00. The number of carbonyl (C=O) groups excluding carboxylic acids is 1. The van der Waals surface area contributed by atoms with Crippen molar-refractivity contribution in [1.29, 1.82) is 5.26 Å². The Morgan fingerprint density at radius 3 is 2.62 bits per heavy atom. The largest absolute Gasteiger partial charge is 0.334 e. The topological polar surface area (TPSA) is 57.0 Å². The predicted octanol–water partition coefficient (Wildman–Crippen LogP) is 3.32. The Bertz CT molecular complexity index is 749. The zero-order valence-corrected chi connectivity index (χ0v) is 12.8. The summed E-state index contributed by atoms with van der Waals surface area (Å²) in [6.07, 6.45) is 5.61. The fraction of sp³-hybridized carbons (Fsp3) is 0.167. The summed E-state index contributed by atoms with van der Waals surface area (Å²) in [5, 5.41) is 8.73. The van der Waals surface area contributed by atoms with Crippen LogP contribution in [0.15, 0.2) is 48.8 Å². The zero-order chi connectivity index (χ0) is 17.4. The van der Waals surface area contributed by atoms with Gasteiger partial charge in [0.2, 0.25) is 5.91 Å². The van der Waals surface area contributed by atoms with Crippen molar-refractivity contribution in [2.75, 3.05) is 6.54 Å². The number of rotatable bonds is 6. The molecular formula is C18H15F2N3O. The van der Waals surface area contributed by atoms with E-state index in [-0.39, 0.29) is 25.1 Å². The molecule has 0 saturated heterocycles. The summed E-state index contributed by atoms with van der Waals surface area (Å²) >= 11 is 0. The highest BCUT2D eigenvalue weighted by molar-refractivity contribution is 5.91. The van der Waals surface area contributed by atoms with Crippen molar-refractivity contribution in [2.24, 2.45) is 0 Å². The van der Waals surface area contributed by atoms with Crippen LogP contribution in [0, 0.1) is 23.0 Å². The van der Waals surface area contributed by atoms with Gasteiger partial charge in [-0.3, -0.25) is 9.78 Å². The second kappa shape index (κ2) is 8.53. The molecule has 24 heavy (non-hydrogen) atoms. The van der Waals surface area contributed by atoms with Gasteiger partial charge in [-0.1, -0.05) is 12.1 Å². The first-order chi connectivity index (χ1) is 11.6. The first kappa shape index (κ1) is 17.3. The van der Waals surface area contributed by atoms with Crippen LogP contribution in [-0.4, -0.2) is 22.3 Å².